The predicted octanol–water partition coefficient (Wildman–Crippen LogP) is 7.24. The third-order valence-electron chi connectivity index (χ3n) is 4.01. The third kappa shape index (κ3) is 5.48. The van der Waals surface area contributed by atoms with E-state index < -0.39 is 0 Å². The van der Waals surface area contributed by atoms with Gasteiger partial charge in [-0.15, -0.1) is 0 Å². The monoisotopic (exact) mass is 435 g/mol. The maximum Gasteiger partial charge on any atom is 0.180 e. The lowest BCUT2D eigenvalue weighted by atomic mass is 10.2. The van der Waals surface area contributed by atoms with E-state index in [0.717, 1.165) is 16.8 Å². The van der Waals surface area contributed by atoms with Gasteiger partial charge in [0.1, 0.15) is 6.61 Å². The van der Waals surface area contributed by atoms with Crippen molar-refractivity contribution in [3.63, 3.8) is 0 Å². The topological polar surface area (TPSA) is 30.5 Å². The van der Waals surface area contributed by atoms with Gasteiger partial charge in [0.15, 0.2) is 11.5 Å². The zero-order valence-corrected chi connectivity index (χ0v) is 17.6. The Morgan fingerprint density at radius 1 is 0.821 bits per heavy atom. The van der Waals surface area contributed by atoms with E-state index in [1.807, 2.05) is 49.4 Å². The Morgan fingerprint density at radius 2 is 1.61 bits per heavy atom. The van der Waals surface area contributed by atoms with Crippen LogP contribution in [0.1, 0.15) is 18.1 Å². The van der Waals surface area contributed by atoms with Crippen LogP contribution in [0.5, 0.6) is 11.5 Å². The van der Waals surface area contributed by atoms with E-state index in [2.05, 4.69) is 5.32 Å². The predicted molar refractivity (Wildman–Crippen MR) is 117 cm³/mol. The molecule has 0 aromatic heterocycles. The molecule has 6 heteroatoms. The van der Waals surface area contributed by atoms with Crippen molar-refractivity contribution in [2.75, 3.05) is 11.9 Å². The highest BCUT2D eigenvalue weighted by Gasteiger charge is 2.13. The summed E-state index contributed by atoms with van der Waals surface area (Å²) in [5, 5.41) is 4.98. The fraction of sp³-hybridized carbons (Fsp3) is 0.182. The van der Waals surface area contributed by atoms with Crippen molar-refractivity contribution in [1.29, 1.82) is 0 Å². The van der Waals surface area contributed by atoms with Crippen LogP contribution in [0.15, 0.2) is 60.7 Å². The Hall–Kier alpha value is -2.07. The summed E-state index contributed by atoms with van der Waals surface area (Å²) >= 11 is 18.7. The molecule has 0 aliphatic rings. The Bertz CT molecular complexity index is 933. The van der Waals surface area contributed by atoms with Gasteiger partial charge in [0, 0.05) is 11.6 Å². The van der Waals surface area contributed by atoms with Crippen LogP contribution < -0.4 is 14.8 Å². The van der Waals surface area contributed by atoms with Crippen molar-refractivity contribution in [2.45, 2.75) is 20.1 Å². The highest BCUT2D eigenvalue weighted by molar-refractivity contribution is 6.35. The number of benzene rings is 3. The van der Waals surface area contributed by atoms with Crippen LogP contribution in [0.2, 0.25) is 15.1 Å². The van der Waals surface area contributed by atoms with Crippen LogP contribution in [0, 0.1) is 0 Å². The molecule has 0 fully saturated rings. The largest absolute Gasteiger partial charge is 0.490 e. The zero-order valence-electron chi connectivity index (χ0n) is 15.3. The average Bonchev–Trinajstić information content (AvgIpc) is 2.69. The molecule has 28 heavy (non-hydrogen) atoms. The smallest absolute Gasteiger partial charge is 0.180 e. The van der Waals surface area contributed by atoms with E-state index in [1.54, 1.807) is 18.2 Å². The van der Waals surface area contributed by atoms with Gasteiger partial charge in [-0.25, -0.2) is 0 Å². The molecule has 3 rings (SSSR count). The second kappa shape index (κ2) is 9.92. The van der Waals surface area contributed by atoms with Gasteiger partial charge in [0.25, 0.3) is 0 Å². The molecule has 0 radical (unpaired) electrons. The summed E-state index contributed by atoms with van der Waals surface area (Å²) in [6, 6.07) is 19.0. The quantitative estimate of drug-likeness (QED) is 0.404. The highest BCUT2D eigenvalue weighted by Crippen LogP contribution is 2.37. The van der Waals surface area contributed by atoms with Crippen LogP contribution in [-0.2, 0) is 13.2 Å². The number of rotatable bonds is 8. The fourth-order valence-electron chi connectivity index (χ4n) is 2.69. The average molecular weight is 437 g/mol. The van der Waals surface area contributed by atoms with Gasteiger partial charge in [-0.05, 0) is 48.4 Å². The van der Waals surface area contributed by atoms with Gasteiger partial charge >= 0.3 is 0 Å². The number of nitrogens with one attached hydrogen (secondary N) is 1. The molecule has 0 bridgehead atoms. The molecule has 0 heterocycles. The second-order valence-corrected chi connectivity index (χ2v) is 7.34. The molecule has 146 valence electrons. The summed E-state index contributed by atoms with van der Waals surface area (Å²) in [6.07, 6.45) is 0. The summed E-state index contributed by atoms with van der Waals surface area (Å²) in [5.41, 5.74) is 2.76. The van der Waals surface area contributed by atoms with Gasteiger partial charge in [-0.1, -0.05) is 65.1 Å². The van der Waals surface area contributed by atoms with Crippen LogP contribution in [0.4, 0.5) is 5.69 Å². The first-order chi connectivity index (χ1) is 13.6. The Labute approximate surface area is 180 Å². The summed E-state index contributed by atoms with van der Waals surface area (Å²) in [4.78, 5) is 0. The molecule has 3 nitrogen and oxygen atoms in total. The van der Waals surface area contributed by atoms with Crippen molar-refractivity contribution >= 4 is 40.5 Å². The van der Waals surface area contributed by atoms with Crippen LogP contribution in [-0.4, -0.2) is 6.61 Å². The molecule has 0 aliphatic heterocycles. The van der Waals surface area contributed by atoms with E-state index in [-0.39, 0.29) is 0 Å². The first-order valence-electron chi connectivity index (χ1n) is 8.87. The Morgan fingerprint density at radius 3 is 2.36 bits per heavy atom. The van der Waals surface area contributed by atoms with Gasteiger partial charge in [-0.2, -0.15) is 0 Å². The van der Waals surface area contributed by atoms with E-state index in [1.165, 1.54) is 0 Å². The minimum Gasteiger partial charge on any atom is -0.490 e. The van der Waals surface area contributed by atoms with Gasteiger partial charge in [0.05, 0.1) is 22.3 Å². The number of ether oxygens (including phenoxy) is 2. The van der Waals surface area contributed by atoms with Crippen LogP contribution >= 0.6 is 34.8 Å². The van der Waals surface area contributed by atoms with Crippen molar-refractivity contribution in [3.05, 3.63) is 86.9 Å². The van der Waals surface area contributed by atoms with E-state index in [9.17, 15) is 0 Å². The lowest BCUT2D eigenvalue weighted by Gasteiger charge is -2.16. The molecule has 0 spiro atoms. The minimum absolute atomic E-state index is 0.413. The first-order valence-corrected chi connectivity index (χ1v) is 10.0. The fourth-order valence-corrected chi connectivity index (χ4v) is 3.33. The lowest BCUT2D eigenvalue weighted by molar-refractivity contribution is 0.269. The van der Waals surface area contributed by atoms with E-state index >= 15 is 0 Å². The standard InChI is InChI=1S/C22H20Cl3NO2/c1-2-27-21-11-16(13-26-20-12-17(23)8-9-18(20)24)10-19(25)22(21)28-14-15-6-4-3-5-7-15/h3-12,26H,2,13-14H2,1H3. The molecular formula is C22H20Cl3NO2. The summed E-state index contributed by atoms with van der Waals surface area (Å²) in [7, 11) is 0. The van der Waals surface area contributed by atoms with Gasteiger partial charge in [0.2, 0.25) is 0 Å². The second-order valence-electron chi connectivity index (χ2n) is 6.09. The molecule has 0 atom stereocenters. The minimum atomic E-state index is 0.413. The first kappa shape index (κ1) is 20.7. The van der Waals surface area contributed by atoms with Crippen LogP contribution in [0.3, 0.4) is 0 Å². The third-order valence-corrected chi connectivity index (χ3v) is 4.85. The molecule has 1 N–H and O–H groups in total. The van der Waals surface area contributed by atoms with E-state index in [4.69, 9.17) is 44.3 Å². The summed E-state index contributed by atoms with van der Waals surface area (Å²) < 4.78 is 11.7. The van der Waals surface area contributed by atoms with E-state index in [0.29, 0.717) is 46.3 Å². The number of hydrogen-bond acceptors (Lipinski definition) is 3. The molecular weight excluding hydrogens is 417 g/mol. The summed E-state index contributed by atoms with van der Waals surface area (Å²) in [6.45, 7) is 3.36. The maximum atomic E-state index is 6.49. The normalized spacial score (nSPS) is 10.6. The summed E-state index contributed by atoms with van der Waals surface area (Å²) in [5.74, 6) is 1.15. The number of halogens is 3. The molecule has 0 saturated carbocycles. The van der Waals surface area contributed by atoms with Crippen molar-refractivity contribution in [3.8, 4) is 11.5 Å². The zero-order chi connectivity index (χ0) is 19.9. The van der Waals surface area contributed by atoms with Gasteiger partial charge in [-0.3, -0.25) is 0 Å². The van der Waals surface area contributed by atoms with Crippen LogP contribution in [0.25, 0.3) is 0 Å². The molecule has 0 amide bonds. The molecule has 3 aromatic carbocycles. The Kier molecular flexibility index (Phi) is 7.32. The SMILES string of the molecule is CCOc1cc(CNc2cc(Cl)ccc2Cl)cc(Cl)c1OCc1ccccc1. The maximum absolute atomic E-state index is 6.49. The number of anilines is 1. The molecule has 0 unspecified atom stereocenters. The van der Waals surface area contributed by atoms with Crippen molar-refractivity contribution < 1.29 is 9.47 Å². The Balaban J connectivity index is 1.77. The molecule has 0 saturated heterocycles. The molecule has 0 aliphatic carbocycles. The lowest BCUT2D eigenvalue weighted by Crippen LogP contribution is -2.04. The number of hydrogen-bond donors (Lipinski definition) is 1. The van der Waals surface area contributed by atoms with Gasteiger partial charge < -0.3 is 14.8 Å². The molecule has 3 aromatic rings. The van der Waals surface area contributed by atoms with Crippen molar-refractivity contribution in [2.24, 2.45) is 0 Å². The van der Waals surface area contributed by atoms with Crippen molar-refractivity contribution in [1.82, 2.24) is 0 Å². The highest BCUT2D eigenvalue weighted by atomic mass is 35.5.